The van der Waals surface area contributed by atoms with Crippen LogP contribution in [0.1, 0.15) is 33.6 Å². The first-order valence-corrected chi connectivity index (χ1v) is 8.89. The fraction of sp³-hybridized carbons (Fsp3) is 0.692. The van der Waals surface area contributed by atoms with E-state index in [9.17, 15) is 0 Å². The van der Waals surface area contributed by atoms with Gasteiger partial charge in [-0.25, -0.2) is 0 Å². The van der Waals surface area contributed by atoms with E-state index in [-0.39, 0.29) is 5.60 Å². The first kappa shape index (κ1) is 12.7. The maximum atomic E-state index is 6.15. The highest BCUT2D eigenvalue weighted by molar-refractivity contribution is 6.57. The normalized spacial score (nSPS) is 18.4. The van der Waals surface area contributed by atoms with Gasteiger partial charge in [0, 0.05) is 5.73 Å². The molecule has 1 nitrogen and oxygen atoms in total. The molecule has 0 radical (unpaired) electrons. The quantitative estimate of drug-likeness (QED) is 0.664. The summed E-state index contributed by atoms with van der Waals surface area (Å²) in [6.45, 7) is 11.2. The minimum Gasteiger partial charge on any atom is -0.376 e. The van der Waals surface area contributed by atoms with Crippen molar-refractivity contribution in [3.8, 4) is 0 Å². The van der Waals surface area contributed by atoms with E-state index in [4.69, 9.17) is 4.74 Å². The van der Waals surface area contributed by atoms with E-state index in [1.54, 1.807) is 0 Å². The van der Waals surface area contributed by atoms with E-state index in [0.717, 1.165) is 12.8 Å². The highest BCUT2D eigenvalue weighted by Gasteiger charge is 2.23. The molecule has 0 spiro atoms. The third-order valence-corrected chi connectivity index (χ3v) is 4.39. The average molecular weight is 224 g/mol. The van der Waals surface area contributed by atoms with Crippen LogP contribution in [-0.2, 0) is 4.74 Å². The Labute approximate surface area is 95.8 Å². The maximum Gasteiger partial charge on any atom is 0.0660 e. The Bertz CT molecular complexity index is 258. The zero-order chi connectivity index (χ0) is 11.5. The highest BCUT2D eigenvalue weighted by atomic mass is 28.3. The van der Waals surface area contributed by atoms with Gasteiger partial charge in [-0.05, 0) is 39.2 Å². The minimum atomic E-state index is -0.738. The molecule has 0 fully saturated rings. The number of ether oxygens (including phenoxy) is 1. The van der Waals surface area contributed by atoms with Gasteiger partial charge in [-0.15, -0.1) is 0 Å². The lowest BCUT2D eigenvalue weighted by atomic mass is 10.2. The number of hydrogen-bond acceptors (Lipinski definition) is 1. The van der Waals surface area contributed by atoms with Crippen molar-refractivity contribution in [1.82, 2.24) is 0 Å². The van der Waals surface area contributed by atoms with E-state index in [1.807, 2.05) is 0 Å². The van der Waals surface area contributed by atoms with E-state index in [1.165, 1.54) is 5.57 Å². The standard InChI is InChI=1S/C13H24OSi/c1-13(2,3)14-12(15(4)5)10-11-8-6-7-9-11/h6,8-9,12,15H,7,10H2,1-5H3. The lowest BCUT2D eigenvalue weighted by molar-refractivity contribution is -0.0251. The van der Waals surface area contributed by atoms with E-state index in [2.05, 4.69) is 52.1 Å². The van der Waals surface area contributed by atoms with Gasteiger partial charge in [-0.2, -0.15) is 0 Å². The first-order chi connectivity index (χ1) is 6.88. The molecule has 1 atom stereocenters. The van der Waals surface area contributed by atoms with Crippen molar-refractivity contribution in [3.63, 3.8) is 0 Å². The van der Waals surface area contributed by atoms with Crippen LogP contribution in [0.25, 0.3) is 0 Å². The monoisotopic (exact) mass is 224 g/mol. The fourth-order valence-corrected chi connectivity index (χ4v) is 3.18. The molecular formula is C13H24OSi. The van der Waals surface area contributed by atoms with Crippen molar-refractivity contribution in [1.29, 1.82) is 0 Å². The van der Waals surface area contributed by atoms with Crippen molar-refractivity contribution in [3.05, 3.63) is 23.8 Å². The van der Waals surface area contributed by atoms with Crippen LogP contribution in [-0.4, -0.2) is 20.1 Å². The Balaban J connectivity index is 2.54. The Morgan fingerprint density at radius 2 is 2.07 bits per heavy atom. The molecule has 0 aliphatic heterocycles. The second kappa shape index (κ2) is 5.13. The Morgan fingerprint density at radius 1 is 1.40 bits per heavy atom. The zero-order valence-electron chi connectivity index (χ0n) is 10.7. The van der Waals surface area contributed by atoms with Crippen LogP contribution in [0, 0.1) is 0 Å². The molecule has 0 saturated heterocycles. The molecule has 0 saturated carbocycles. The number of allylic oxidation sites excluding steroid dienone is 3. The van der Waals surface area contributed by atoms with Gasteiger partial charge in [0.25, 0.3) is 0 Å². The van der Waals surface area contributed by atoms with E-state index < -0.39 is 8.80 Å². The summed E-state index contributed by atoms with van der Waals surface area (Å²) >= 11 is 0. The van der Waals surface area contributed by atoms with Crippen molar-refractivity contribution in [2.45, 2.75) is 58.0 Å². The Hall–Kier alpha value is -0.343. The van der Waals surface area contributed by atoms with Crippen LogP contribution in [0.15, 0.2) is 23.8 Å². The zero-order valence-corrected chi connectivity index (χ0v) is 11.9. The molecule has 0 aromatic rings. The van der Waals surface area contributed by atoms with Crippen LogP contribution >= 0.6 is 0 Å². The molecule has 86 valence electrons. The fourth-order valence-electron chi connectivity index (χ4n) is 1.76. The van der Waals surface area contributed by atoms with E-state index >= 15 is 0 Å². The predicted molar refractivity (Wildman–Crippen MR) is 70.0 cm³/mol. The van der Waals surface area contributed by atoms with Crippen LogP contribution < -0.4 is 0 Å². The molecule has 0 heterocycles. The van der Waals surface area contributed by atoms with Crippen LogP contribution in [0.2, 0.25) is 13.1 Å². The average Bonchev–Trinajstić information content (AvgIpc) is 2.52. The molecule has 0 aromatic carbocycles. The molecule has 1 aliphatic rings. The second-order valence-electron chi connectivity index (χ2n) is 5.63. The van der Waals surface area contributed by atoms with Gasteiger partial charge in [0.15, 0.2) is 0 Å². The largest absolute Gasteiger partial charge is 0.376 e. The molecule has 0 amide bonds. The summed E-state index contributed by atoms with van der Waals surface area (Å²) in [5.41, 5.74) is 1.93. The smallest absolute Gasteiger partial charge is 0.0660 e. The van der Waals surface area contributed by atoms with Crippen molar-refractivity contribution in [2.24, 2.45) is 0 Å². The molecule has 1 unspecified atom stereocenters. The molecule has 2 heteroatoms. The summed E-state index contributed by atoms with van der Waals surface area (Å²) < 4.78 is 6.15. The molecule has 1 rings (SSSR count). The molecule has 0 bridgehead atoms. The highest BCUT2D eigenvalue weighted by Crippen LogP contribution is 2.22. The Morgan fingerprint density at radius 3 is 2.47 bits per heavy atom. The van der Waals surface area contributed by atoms with Crippen molar-refractivity contribution in [2.75, 3.05) is 0 Å². The first-order valence-electron chi connectivity index (χ1n) is 5.92. The second-order valence-corrected chi connectivity index (χ2v) is 8.87. The lowest BCUT2D eigenvalue weighted by Crippen LogP contribution is -2.36. The number of hydrogen-bond donors (Lipinski definition) is 0. The summed E-state index contributed by atoms with van der Waals surface area (Å²) in [5.74, 6) is 0. The third kappa shape index (κ3) is 4.80. The molecule has 1 aliphatic carbocycles. The van der Waals surface area contributed by atoms with Crippen LogP contribution in [0.5, 0.6) is 0 Å². The van der Waals surface area contributed by atoms with Gasteiger partial charge in [-0.1, -0.05) is 31.3 Å². The maximum absolute atomic E-state index is 6.15. The van der Waals surface area contributed by atoms with Crippen LogP contribution in [0.3, 0.4) is 0 Å². The molecular weight excluding hydrogens is 200 g/mol. The van der Waals surface area contributed by atoms with Gasteiger partial charge in [0.2, 0.25) is 0 Å². The van der Waals surface area contributed by atoms with Gasteiger partial charge in [0.1, 0.15) is 0 Å². The molecule has 0 aromatic heterocycles. The molecule has 0 N–H and O–H groups in total. The third-order valence-electron chi connectivity index (χ3n) is 2.53. The number of rotatable bonds is 4. The summed E-state index contributed by atoms with van der Waals surface area (Å²) in [5, 5.41) is 0. The summed E-state index contributed by atoms with van der Waals surface area (Å²) in [4.78, 5) is 0. The summed E-state index contributed by atoms with van der Waals surface area (Å²) in [6.07, 6.45) is 9.01. The van der Waals surface area contributed by atoms with Crippen molar-refractivity contribution < 1.29 is 4.74 Å². The topological polar surface area (TPSA) is 9.23 Å². The van der Waals surface area contributed by atoms with Gasteiger partial charge < -0.3 is 4.74 Å². The van der Waals surface area contributed by atoms with Crippen molar-refractivity contribution >= 4 is 8.80 Å². The van der Waals surface area contributed by atoms with Gasteiger partial charge >= 0.3 is 0 Å². The summed E-state index contributed by atoms with van der Waals surface area (Å²) in [6, 6.07) is 0. The van der Waals surface area contributed by atoms with Gasteiger partial charge in [-0.3, -0.25) is 0 Å². The van der Waals surface area contributed by atoms with E-state index in [0.29, 0.717) is 5.73 Å². The summed E-state index contributed by atoms with van der Waals surface area (Å²) in [7, 11) is -0.738. The predicted octanol–water partition coefficient (Wildman–Crippen LogP) is 3.47. The SMILES string of the molecule is C[SiH](C)C(CC1=CCC=C1)OC(C)(C)C. The molecule has 15 heavy (non-hydrogen) atoms. The van der Waals surface area contributed by atoms with Gasteiger partial charge in [0.05, 0.1) is 14.4 Å². The lowest BCUT2D eigenvalue weighted by Gasteiger charge is -2.30. The van der Waals surface area contributed by atoms with Crippen LogP contribution in [0.4, 0.5) is 0 Å². The Kier molecular flexibility index (Phi) is 4.35. The minimum absolute atomic E-state index is 0.00911.